The largest absolute Gasteiger partial charge is 0.398 e. The number of hydrogen-bond acceptors (Lipinski definition) is 4. The number of anilines is 1. The number of aliphatic hydroxyl groups excluding tert-OH is 1. The van der Waals surface area contributed by atoms with Crippen molar-refractivity contribution in [1.29, 1.82) is 0 Å². The van der Waals surface area contributed by atoms with Crippen molar-refractivity contribution in [2.75, 3.05) is 12.3 Å². The summed E-state index contributed by atoms with van der Waals surface area (Å²) in [7, 11) is -3.78. The molecule has 0 radical (unpaired) electrons. The molecule has 0 fully saturated rings. The molecular weight excluding hydrogens is 344 g/mol. The molecule has 0 heterocycles. The van der Waals surface area contributed by atoms with Crippen molar-refractivity contribution in [3.05, 3.63) is 21.6 Å². The van der Waals surface area contributed by atoms with Crippen molar-refractivity contribution in [1.82, 2.24) is 4.72 Å². The molecule has 0 aromatic heterocycles. The number of halogens is 2. The molecule has 1 atom stereocenters. The Labute approximate surface area is 120 Å². The maximum atomic E-state index is 12.1. The highest BCUT2D eigenvalue weighted by atomic mass is 79.9. The van der Waals surface area contributed by atoms with E-state index in [1.807, 2.05) is 0 Å². The maximum absolute atomic E-state index is 12.1. The lowest BCUT2D eigenvalue weighted by molar-refractivity contribution is 0.254. The molecule has 0 saturated carbocycles. The van der Waals surface area contributed by atoms with Gasteiger partial charge in [0.05, 0.1) is 16.0 Å². The van der Waals surface area contributed by atoms with Crippen LogP contribution in [0.25, 0.3) is 0 Å². The van der Waals surface area contributed by atoms with Crippen molar-refractivity contribution in [3.63, 3.8) is 0 Å². The molecule has 0 amide bonds. The Bertz CT molecular complexity index is 532. The summed E-state index contributed by atoms with van der Waals surface area (Å²) < 4.78 is 26.9. The Kier molecular flexibility index (Phi) is 5.42. The van der Waals surface area contributed by atoms with Gasteiger partial charge >= 0.3 is 0 Å². The van der Waals surface area contributed by atoms with E-state index >= 15 is 0 Å². The Morgan fingerprint density at radius 3 is 2.67 bits per heavy atom. The number of nitrogens with one attached hydrogen (secondary N) is 1. The van der Waals surface area contributed by atoms with Gasteiger partial charge in [-0.25, -0.2) is 13.1 Å². The third-order valence-corrected chi connectivity index (χ3v) is 5.27. The Balaban J connectivity index is 3.20. The van der Waals surface area contributed by atoms with E-state index < -0.39 is 16.1 Å². The summed E-state index contributed by atoms with van der Waals surface area (Å²) in [6.07, 6.45) is 0.476. The molecule has 1 aromatic rings. The molecule has 8 heteroatoms. The molecule has 5 nitrogen and oxygen atoms in total. The van der Waals surface area contributed by atoms with Crippen molar-refractivity contribution >= 4 is 43.2 Å². The summed E-state index contributed by atoms with van der Waals surface area (Å²) in [5.41, 5.74) is 5.88. The van der Waals surface area contributed by atoms with Crippen LogP contribution in [0.5, 0.6) is 0 Å². The number of aliphatic hydroxyl groups is 1. The SMILES string of the molecule is CCC(CO)NS(=O)(=O)c1cc(Cl)cc(N)c1Br. The highest BCUT2D eigenvalue weighted by Gasteiger charge is 2.22. The van der Waals surface area contributed by atoms with Gasteiger partial charge in [-0.05, 0) is 34.5 Å². The van der Waals surface area contributed by atoms with Gasteiger partial charge in [-0.1, -0.05) is 18.5 Å². The molecule has 18 heavy (non-hydrogen) atoms. The zero-order valence-corrected chi connectivity index (χ0v) is 12.8. The van der Waals surface area contributed by atoms with Crippen LogP contribution in [0.3, 0.4) is 0 Å². The van der Waals surface area contributed by atoms with Crippen LogP contribution in [0.4, 0.5) is 5.69 Å². The van der Waals surface area contributed by atoms with Crippen molar-refractivity contribution < 1.29 is 13.5 Å². The number of sulfonamides is 1. The smallest absolute Gasteiger partial charge is 0.242 e. The van der Waals surface area contributed by atoms with Crippen LogP contribution in [0, 0.1) is 0 Å². The van der Waals surface area contributed by atoms with Gasteiger partial charge in [0.25, 0.3) is 0 Å². The predicted octanol–water partition coefficient (Wildman–Crippen LogP) is 1.73. The molecule has 102 valence electrons. The lowest BCUT2D eigenvalue weighted by Gasteiger charge is -2.16. The Morgan fingerprint density at radius 2 is 2.17 bits per heavy atom. The highest BCUT2D eigenvalue weighted by Crippen LogP contribution is 2.31. The van der Waals surface area contributed by atoms with E-state index in [9.17, 15) is 8.42 Å². The lowest BCUT2D eigenvalue weighted by atomic mass is 10.3. The quantitative estimate of drug-likeness (QED) is 0.700. The second-order valence-electron chi connectivity index (χ2n) is 3.72. The second kappa shape index (κ2) is 6.21. The number of benzene rings is 1. The first-order valence-corrected chi connectivity index (χ1v) is 7.85. The van der Waals surface area contributed by atoms with E-state index in [-0.39, 0.29) is 26.7 Å². The molecule has 1 unspecified atom stereocenters. The van der Waals surface area contributed by atoms with Gasteiger partial charge in [0.15, 0.2) is 0 Å². The minimum atomic E-state index is -3.78. The average molecular weight is 358 g/mol. The minimum absolute atomic E-state index is 0.0422. The highest BCUT2D eigenvalue weighted by molar-refractivity contribution is 9.10. The van der Waals surface area contributed by atoms with E-state index in [1.54, 1.807) is 6.92 Å². The zero-order valence-electron chi connectivity index (χ0n) is 9.65. The zero-order chi connectivity index (χ0) is 13.9. The summed E-state index contributed by atoms with van der Waals surface area (Å²) >= 11 is 8.91. The van der Waals surface area contributed by atoms with Gasteiger partial charge in [0.1, 0.15) is 0 Å². The number of nitrogen functional groups attached to an aromatic ring is 1. The number of nitrogens with two attached hydrogens (primary N) is 1. The van der Waals surface area contributed by atoms with Crippen molar-refractivity contribution in [2.24, 2.45) is 0 Å². The fourth-order valence-electron chi connectivity index (χ4n) is 1.31. The first-order chi connectivity index (χ1) is 8.31. The molecule has 4 N–H and O–H groups in total. The van der Waals surface area contributed by atoms with Crippen molar-refractivity contribution in [2.45, 2.75) is 24.3 Å². The van der Waals surface area contributed by atoms with Crippen LogP contribution in [0.1, 0.15) is 13.3 Å². The van der Waals surface area contributed by atoms with Crippen LogP contribution in [-0.4, -0.2) is 26.2 Å². The average Bonchev–Trinajstić information content (AvgIpc) is 2.30. The third kappa shape index (κ3) is 3.58. The monoisotopic (exact) mass is 356 g/mol. The molecule has 0 aliphatic carbocycles. The van der Waals surface area contributed by atoms with E-state index in [2.05, 4.69) is 20.7 Å². The van der Waals surface area contributed by atoms with Crippen molar-refractivity contribution in [3.8, 4) is 0 Å². The number of rotatable bonds is 5. The molecule has 1 rings (SSSR count). The molecule has 0 aliphatic heterocycles. The first kappa shape index (κ1) is 15.7. The van der Waals surface area contributed by atoms with E-state index in [1.165, 1.54) is 12.1 Å². The summed E-state index contributed by atoms with van der Waals surface area (Å²) in [6.45, 7) is 1.49. The topological polar surface area (TPSA) is 92.4 Å². The van der Waals surface area contributed by atoms with E-state index in [4.69, 9.17) is 22.4 Å². The van der Waals surface area contributed by atoms with Crippen LogP contribution in [0.15, 0.2) is 21.5 Å². The lowest BCUT2D eigenvalue weighted by Crippen LogP contribution is -2.37. The molecular formula is C10H14BrClN2O3S. The number of hydrogen-bond donors (Lipinski definition) is 3. The fourth-order valence-corrected chi connectivity index (χ4v) is 3.92. The molecule has 0 saturated heterocycles. The van der Waals surface area contributed by atoms with Gasteiger partial charge in [-0.2, -0.15) is 0 Å². The summed E-state index contributed by atoms with van der Waals surface area (Å²) in [6, 6.07) is 2.21. The Hall–Kier alpha value is -0.340. The van der Waals surface area contributed by atoms with Crippen LogP contribution >= 0.6 is 27.5 Å². The predicted molar refractivity (Wildman–Crippen MR) is 75.1 cm³/mol. The molecule has 0 aliphatic rings. The van der Waals surface area contributed by atoms with E-state index in [0.29, 0.717) is 6.42 Å². The third-order valence-electron chi connectivity index (χ3n) is 2.36. The van der Waals surface area contributed by atoms with Gasteiger partial charge < -0.3 is 10.8 Å². The van der Waals surface area contributed by atoms with Gasteiger partial charge in [0.2, 0.25) is 10.0 Å². The van der Waals surface area contributed by atoms with Crippen LogP contribution in [-0.2, 0) is 10.0 Å². The van der Waals surface area contributed by atoms with E-state index in [0.717, 1.165) is 0 Å². The van der Waals surface area contributed by atoms with Crippen LogP contribution < -0.4 is 10.5 Å². The van der Waals surface area contributed by atoms with Gasteiger partial charge in [-0.15, -0.1) is 0 Å². The molecule has 0 bridgehead atoms. The van der Waals surface area contributed by atoms with Gasteiger partial charge in [-0.3, -0.25) is 0 Å². The first-order valence-electron chi connectivity index (χ1n) is 5.19. The second-order valence-corrected chi connectivity index (χ2v) is 6.63. The molecule has 0 spiro atoms. The molecule has 1 aromatic carbocycles. The fraction of sp³-hybridized carbons (Fsp3) is 0.400. The standard InChI is InChI=1S/C10H14BrClN2O3S/c1-2-7(5-15)14-18(16,17)9-4-6(12)3-8(13)10(9)11/h3-4,7,14-15H,2,5,13H2,1H3. The van der Waals surface area contributed by atoms with Crippen LogP contribution in [0.2, 0.25) is 5.02 Å². The normalized spacial score (nSPS) is 13.6. The van der Waals surface area contributed by atoms with Gasteiger partial charge in [0, 0.05) is 16.8 Å². The summed E-state index contributed by atoms with van der Waals surface area (Å²) in [5, 5.41) is 9.26. The summed E-state index contributed by atoms with van der Waals surface area (Å²) in [5.74, 6) is 0. The minimum Gasteiger partial charge on any atom is -0.398 e. The summed E-state index contributed by atoms with van der Waals surface area (Å²) in [4.78, 5) is -0.0422. The Morgan fingerprint density at radius 1 is 1.56 bits per heavy atom. The maximum Gasteiger partial charge on any atom is 0.242 e.